The van der Waals surface area contributed by atoms with Gasteiger partial charge in [0.25, 0.3) is 5.91 Å². The molecular weight excluding hydrogens is 490 g/mol. The van der Waals surface area contributed by atoms with E-state index >= 15 is 0 Å². The summed E-state index contributed by atoms with van der Waals surface area (Å²) in [6.07, 6.45) is 0. The Morgan fingerprint density at radius 2 is 1.64 bits per heavy atom. The summed E-state index contributed by atoms with van der Waals surface area (Å²) < 4.78 is 43.9. The molecule has 0 bridgehead atoms. The third-order valence-corrected chi connectivity index (χ3v) is 7.53. The number of carbonyl (C=O) groups excluding carboxylic acids is 1. The van der Waals surface area contributed by atoms with Crippen molar-refractivity contribution in [2.75, 3.05) is 25.7 Å². The van der Waals surface area contributed by atoms with Crippen LogP contribution >= 0.6 is 7.82 Å². The van der Waals surface area contributed by atoms with Gasteiger partial charge in [-0.2, -0.15) is 0 Å². The monoisotopic (exact) mass is 514 g/mol. The molecule has 1 aliphatic rings. The van der Waals surface area contributed by atoms with Gasteiger partial charge in [-0.1, -0.05) is 60.7 Å². The van der Waals surface area contributed by atoms with Crippen molar-refractivity contribution in [3.63, 3.8) is 0 Å². The predicted molar refractivity (Wildman–Crippen MR) is 129 cm³/mol. The second kappa shape index (κ2) is 10.3. The zero-order valence-corrected chi connectivity index (χ0v) is 20.5. The molecule has 188 valence electrons. The molecule has 0 aromatic heterocycles. The Balaban J connectivity index is 2.00. The Bertz CT molecular complexity index is 1300. The zero-order valence-electron chi connectivity index (χ0n) is 19.6. The normalized spacial score (nSPS) is 18.2. The van der Waals surface area contributed by atoms with Crippen molar-refractivity contribution in [1.29, 1.82) is 0 Å². The Labute approximate surface area is 207 Å². The lowest BCUT2D eigenvalue weighted by atomic mass is 9.78. The van der Waals surface area contributed by atoms with Crippen molar-refractivity contribution in [2.24, 2.45) is 0 Å². The Hall–Kier alpha value is -3.43. The minimum Gasteiger partial charge on any atom is -0.305 e. The molecule has 0 radical (unpaired) electrons. The van der Waals surface area contributed by atoms with Crippen molar-refractivity contribution in [1.82, 2.24) is 0 Å². The van der Waals surface area contributed by atoms with Crippen LogP contribution in [0.1, 0.15) is 22.6 Å². The van der Waals surface area contributed by atoms with E-state index in [4.69, 9.17) is 13.6 Å². The molecule has 11 heteroatoms. The second-order valence-corrected chi connectivity index (χ2v) is 9.96. The average molecular weight is 514 g/mol. The standard InChI is InChI=1S/C25H24FN2O7P/c1-33-36(32,34-2)35-25(22(17-28(30)31)19-11-7-4-8-12-19)21-15-20(26)13-14-23(21)27(24(25)29)16-18-9-5-3-6-10-18/h3-15,22H,16-17H2,1-2H3/t22-,25-/m0/s1. The first-order valence-corrected chi connectivity index (χ1v) is 12.4. The number of phosphoric acid groups is 1. The quantitative estimate of drug-likeness (QED) is 0.212. The lowest BCUT2D eigenvalue weighted by molar-refractivity contribution is -0.486. The molecule has 2 atom stereocenters. The van der Waals surface area contributed by atoms with E-state index in [-0.39, 0.29) is 17.8 Å². The van der Waals surface area contributed by atoms with Crippen LogP contribution in [0.15, 0.2) is 78.9 Å². The fourth-order valence-electron chi connectivity index (χ4n) is 4.51. The zero-order chi connectivity index (χ0) is 25.9. The number of anilines is 1. The van der Waals surface area contributed by atoms with Gasteiger partial charge in [0.05, 0.1) is 18.2 Å². The van der Waals surface area contributed by atoms with E-state index in [1.165, 1.54) is 17.0 Å². The molecule has 1 aliphatic heterocycles. The van der Waals surface area contributed by atoms with Crippen molar-refractivity contribution in [3.8, 4) is 0 Å². The van der Waals surface area contributed by atoms with Crippen LogP contribution in [0.3, 0.4) is 0 Å². The highest BCUT2D eigenvalue weighted by molar-refractivity contribution is 7.48. The fraction of sp³-hybridized carbons (Fsp3) is 0.240. The summed E-state index contributed by atoms with van der Waals surface area (Å²) in [4.78, 5) is 26.9. The van der Waals surface area contributed by atoms with Crippen LogP contribution in [-0.2, 0) is 35.1 Å². The van der Waals surface area contributed by atoms with Gasteiger partial charge in [-0.3, -0.25) is 28.5 Å². The second-order valence-electron chi connectivity index (χ2n) is 8.16. The molecule has 0 N–H and O–H groups in total. The SMILES string of the molecule is COP(=O)(OC)O[C@@]1([C@@H](C[N+](=O)[O-])c2ccccc2)C(=O)N(Cc2ccccc2)c2ccc(F)cc21. The van der Waals surface area contributed by atoms with Gasteiger partial charge >= 0.3 is 7.82 Å². The maximum absolute atomic E-state index is 14.7. The molecule has 0 unspecified atom stereocenters. The first kappa shape index (κ1) is 25.7. The molecule has 0 spiro atoms. The van der Waals surface area contributed by atoms with Gasteiger partial charge in [0, 0.05) is 24.7 Å². The van der Waals surface area contributed by atoms with Gasteiger partial charge in [-0.15, -0.1) is 0 Å². The summed E-state index contributed by atoms with van der Waals surface area (Å²) in [5.41, 5.74) is -0.911. The number of hydrogen-bond donors (Lipinski definition) is 0. The number of carbonyl (C=O) groups is 1. The van der Waals surface area contributed by atoms with E-state index in [0.717, 1.165) is 25.8 Å². The summed E-state index contributed by atoms with van der Waals surface area (Å²) in [5, 5.41) is 11.9. The Morgan fingerprint density at radius 3 is 2.22 bits per heavy atom. The molecule has 0 saturated carbocycles. The van der Waals surface area contributed by atoms with Gasteiger partial charge in [-0.05, 0) is 29.3 Å². The van der Waals surface area contributed by atoms with E-state index in [2.05, 4.69) is 0 Å². The number of nitro groups is 1. The van der Waals surface area contributed by atoms with Crippen LogP contribution < -0.4 is 4.90 Å². The summed E-state index contributed by atoms with van der Waals surface area (Å²) in [6, 6.07) is 20.9. The highest BCUT2D eigenvalue weighted by atomic mass is 31.2. The van der Waals surface area contributed by atoms with Crippen molar-refractivity contribution >= 4 is 19.4 Å². The summed E-state index contributed by atoms with van der Waals surface area (Å²) in [5.74, 6) is -2.76. The van der Waals surface area contributed by atoms with Crippen molar-refractivity contribution < 1.29 is 32.2 Å². The molecule has 3 aromatic rings. The molecule has 1 amide bonds. The third-order valence-electron chi connectivity index (χ3n) is 6.12. The van der Waals surface area contributed by atoms with E-state index in [0.29, 0.717) is 5.56 Å². The number of nitrogens with zero attached hydrogens (tertiary/aromatic N) is 2. The molecule has 3 aromatic carbocycles. The smallest absolute Gasteiger partial charge is 0.305 e. The van der Waals surface area contributed by atoms with Crippen LogP contribution in [0, 0.1) is 15.9 Å². The van der Waals surface area contributed by atoms with Crippen LogP contribution in [0.2, 0.25) is 0 Å². The molecular formula is C25H24FN2O7P. The third kappa shape index (κ3) is 4.68. The predicted octanol–water partition coefficient (Wildman–Crippen LogP) is 5.05. The number of hydrogen-bond acceptors (Lipinski definition) is 7. The number of halogens is 1. The first-order chi connectivity index (χ1) is 17.2. The van der Waals surface area contributed by atoms with Gasteiger partial charge < -0.3 is 4.90 Å². The number of benzene rings is 3. The lowest BCUT2D eigenvalue weighted by Gasteiger charge is -2.36. The largest absolute Gasteiger partial charge is 0.475 e. The number of phosphoric ester groups is 1. The Kier molecular flexibility index (Phi) is 7.33. The number of amides is 1. The average Bonchev–Trinajstić information content (AvgIpc) is 3.10. The van der Waals surface area contributed by atoms with Crippen molar-refractivity contribution in [3.05, 3.63) is 111 Å². The van der Waals surface area contributed by atoms with E-state index < -0.39 is 42.5 Å². The highest BCUT2D eigenvalue weighted by Crippen LogP contribution is 2.61. The molecule has 4 rings (SSSR count). The number of rotatable bonds is 10. The lowest BCUT2D eigenvalue weighted by Crippen LogP contribution is -2.48. The topological polar surface area (TPSA) is 108 Å². The molecule has 9 nitrogen and oxygen atoms in total. The van der Waals surface area contributed by atoms with Gasteiger partial charge in [-0.25, -0.2) is 8.96 Å². The number of fused-ring (bicyclic) bond motifs is 1. The van der Waals surface area contributed by atoms with Gasteiger partial charge in [0.1, 0.15) is 5.82 Å². The highest BCUT2D eigenvalue weighted by Gasteiger charge is 2.62. The van der Waals surface area contributed by atoms with E-state index in [9.17, 15) is 23.9 Å². The summed E-state index contributed by atoms with van der Waals surface area (Å²) in [7, 11) is -2.29. The van der Waals surface area contributed by atoms with Gasteiger partial charge in [0.15, 0.2) is 5.60 Å². The Morgan fingerprint density at radius 1 is 1.03 bits per heavy atom. The molecule has 0 aliphatic carbocycles. The fourth-order valence-corrected chi connectivity index (χ4v) is 5.46. The molecule has 36 heavy (non-hydrogen) atoms. The summed E-state index contributed by atoms with van der Waals surface area (Å²) >= 11 is 0. The first-order valence-electron chi connectivity index (χ1n) is 11.0. The maximum Gasteiger partial charge on any atom is 0.475 e. The minimum absolute atomic E-state index is 0.00606. The van der Waals surface area contributed by atoms with E-state index in [1.54, 1.807) is 54.6 Å². The van der Waals surface area contributed by atoms with Crippen LogP contribution in [0.5, 0.6) is 0 Å². The van der Waals surface area contributed by atoms with E-state index in [1.807, 2.05) is 6.07 Å². The molecule has 1 heterocycles. The minimum atomic E-state index is -4.42. The van der Waals surface area contributed by atoms with Crippen LogP contribution in [-0.4, -0.2) is 31.6 Å². The maximum atomic E-state index is 14.7. The molecule has 0 fully saturated rings. The van der Waals surface area contributed by atoms with Crippen LogP contribution in [0.4, 0.5) is 10.1 Å². The van der Waals surface area contributed by atoms with Crippen LogP contribution in [0.25, 0.3) is 0 Å². The summed E-state index contributed by atoms with van der Waals surface area (Å²) in [6.45, 7) is -0.716. The van der Waals surface area contributed by atoms with Crippen molar-refractivity contribution in [2.45, 2.75) is 18.1 Å². The molecule has 0 saturated heterocycles. The van der Waals surface area contributed by atoms with Gasteiger partial charge in [0.2, 0.25) is 6.54 Å².